The Kier molecular flexibility index (Phi) is 7.07. The van der Waals surface area contributed by atoms with Crippen LogP contribution in [0.5, 0.6) is 23.0 Å². The molecular weight excluding hydrogens is 464 g/mol. The third-order valence-corrected chi connectivity index (χ3v) is 7.37. The first-order valence-electron chi connectivity index (χ1n) is 12.8. The van der Waals surface area contributed by atoms with Gasteiger partial charge in [0.15, 0.2) is 0 Å². The summed E-state index contributed by atoms with van der Waals surface area (Å²) in [5.41, 5.74) is 4.58. The summed E-state index contributed by atoms with van der Waals surface area (Å²) in [5, 5.41) is 29.5. The van der Waals surface area contributed by atoms with Gasteiger partial charge in [-0.2, -0.15) is 5.26 Å². The number of benzene rings is 3. The lowest BCUT2D eigenvalue weighted by atomic mass is 9.86. The van der Waals surface area contributed by atoms with Crippen molar-refractivity contribution in [2.24, 2.45) is 5.92 Å². The fourth-order valence-electron chi connectivity index (χ4n) is 5.29. The maximum Gasteiger partial charge on any atom is 0.150 e. The van der Waals surface area contributed by atoms with Crippen molar-refractivity contribution in [3.63, 3.8) is 0 Å². The Balaban J connectivity index is 1.37. The summed E-state index contributed by atoms with van der Waals surface area (Å²) in [6.07, 6.45) is 1.65. The number of nitriles is 1. The highest BCUT2D eigenvalue weighted by molar-refractivity contribution is 5.95. The Morgan fingerprint density at radius 2 is 1.86 bits per heavy atom. The quantitative estimate of drug-likeness (QED) is 0.425. The van der Waals surface area contributed by atoms with Crippen LogP contribution in [-0.4, -0.2) is 40.9 Å². The Morgan fingerprint density at radius 3 is 2.62 bits per heavy atom. The van der Waals surface area contributed by atoms with Gasteiger partial charge in [0.2, 0.25) is 0 Å². The van der Waals surface area contributed by atoms with Gasteiger partial charge in [0, 0.05) is 23.7 Å². The average molecular weight is 497 g/mol. The molecule has 6 nitrogen and oxygen atoms in total. The fraction of sp³-hybridized carbons (Fsp3) is 0.323. The Bertz CT molecular complexity index is 1340. The van der Waals surface area contributed by atoms with Crippen LogP contribution < -0.4 is 9.47 Å². The van der Waals surface area contributed by atoms with E-state index in [1.807, 2.05) is 43.3 Å². The third-order valence-electron chi connectivity index (χ3n) is 7.37. The fourth-order valence-corrected chi connectivity index (χ4v) is 5.29. The summed E-state index contributed by atoms with van der Waals surface area (Å²) in [4.78, 5) is 2.34. The molecule has 2 heterocycles. The van der Waals surface area contributed by atoms with Gasteiger partial charge in [-0.05, 0) is 92.4 Å². The van der Waals surface area contributed by atoms with Gasteiger partial charge in [-0.15, -0.1) is 0 Å². The summed E-state index contributed by atoms with van der Waals surface area (Å²) < 4.78 is 12.6. The summed E-state index contributed by atoms with van der Waals surface area (Å²) in [6.45, 7) is 6.53. The van der Waals surface area contributed by atoms with E-state index in [0.29, 0.717) is 12.4 Å². The van der Waals surface area contributed by atoms with Crippen LogP contribution in [0.1, 0.15) is 49.5 Å². The number of hydrogen-bond acceptors (Lipinski definition) is 6. The van der Waals surface area contributed by atoms with Crippen molar-refractivity contribution in [1.82, 2.24) is 4.90 Å². The van der Waals surface area contributed by atoms with E-state index in [-0.39, 0.29) is 29.6 Å². The Labute approximate surface area is 218 Å². The molecule has 6 heteroatoms. The van der Waals surface area contributed by atoms with E-state index in [2.05, 4.69) is 17.9 Å². The van der Waals surface area contributed by atoms with Gasteiger partial charge in [0.1, 0.15) is 35.7 Å². The van der Waals surface area contributed by atoms with Crippen LogP contribution in [0.2, 0.25) is 0 Å². The molecule has 37 heavy (non-hydrogen) atoms. The van der Waals surface area contributed by atoms with Crippen molar-refractivity contribution in [2.45, 2.75) is 38.8 Å². The molecule has 1 unspecified atom stereocenters. The summed E-state index contributed by atoms with van der Waals surface area (Å²) >= 11 is 0. The number of piperidine rings is 1. The van der Waals surface area contributed by atoms with Crippen LogP contribution in [0.4, 0.5) is 0 Å². The average Bonchev–Trinajstić information content (AvgIpc) is 2.92. The van der Waals surface area contributed by atoms with E-state index in [0.717, 1.165) is 59.5 Å². The van der Waals surface area contributed by atoms with Crippen molar-refractivity contribution in [3.8, 4) is 29.1 Å². The Morgan fingerprint density at radius 1 is 1.08 bits per heavy atom. The predicted octanol–water partition coefficient (Wildman–Crippen LogP) is 6.17. The first-order chi connectivity index (χ1) is 17.9. The van der Waals surface area contributed by atoms with Crippen LogP contribution in [0.15, 0.2) is 66.7 Å². The topological polar surface area (TPSA) is 86.0 Å². The second-order valence-electron chi connectivity index (χ2n) is 9.96. The zero-order valence-electron chi connectivity index (χ0n) is 21.2. The smallest absolute Gasteiger partial charge is 0.150 e. The maximum atomic E-state index is 10.1. The second kappa shape index (κ2) is 10.6. The zero-order valence-corrected chi connectivity index (χ0v) is 21.2. The molecule has 2 aliphatic heterocycles. The van der Waals surface area contributed by atoms with Gasteiger partial charge >= 0.3 is 0 Å². The number of ether oxygens (including phenoxy) is 2. The van der Waals surface area contributed by atoms with E-state index in [1.54, 1.807) is 30.3 Å². The second-order valence-corrected chi connectivity index (χ2v) is 9.96. The highest BCUT2D eigenvalue weighted by Crippen LogP contribution is 2.47. The summed E-state index contributed by atoms with van der Waals surface area (Å²) in [6, 6.07) is 22.9. The predicted molar refractivity (Wildman–Crippen MR) is 143 cm³/mol. The molecule has 3 aromatic carbocycles. The molecule has 1 fully saturated rings. The monoisotopic (exact) mass is 496 g/mol. The molecule has 3 aromatic rings. The van der Waals surface area contributed by atoms with Crippen molar-refractivity contribution in [2.75, 3.05) is 19.7 Å². The number of allylic oxidation sites excluding steroid dienone is 1. The zero-order chi connectivity index (χ0) is 25.9. The number of hydrogen-bond donors (Lipinski definition) is 2. The van der Waals surface area contributed by atoms with Crippen LogP contribution >= 0.6 is 0 Å². The normalized spacial score (nSPS) is 20.5. The molecule has 0 saturated carbocycles. The molecule has 0 radical (unpaired) electrons. The number of fused-ring (bicyclic) bond motifs is 1. The van der Waals surface area contributed by atoms with Crippen LogP contribution in [0.25, 0.3) is 11.1 Å². The lowest BCUT2D eigenvalue weighted by Gasteiger charge is -2.34. The molecule has 3 atom stereocenters. The van der Waals surface area contributed by atoms with E-state index in [9.17, 15) is 15.5 Å². The largest absolute Gasteiger partial charge is 0.508 e. The van der Waals surface area contributed by atoms with E-state index in [4.69, 9.17) is 9.47 Å². The van der Waals surface area contributed by atoms with Crippen molar-refractivity contribution < 1.29 is 19.7 Å². The molecule has 0 amide bonds. The maximum absolute atomic E-state index is 10.1. The lowest BCUT2D eigenvalue weighted by molar-refractivity contribution is 0.110. The molecule has 0 spiro atoms. The van der Waals surface area contributed by atoms with Gasteiger partial charge in [0.05, 0.1) is 12.0 Å². The van der Waals surface area contributed by atoms with Gasteiger partial charge in [0.25, 0.3) is 0 Å². The van der Waals surface area contributed by atoms with Crippen molar-refractivity contribution in [1.29, 1.82) is 5.26 Å². The lowest BCUT2D eigenvalue weighted by Crippen LogP contribution is -2.43. The number of aromatic hydroxyl groups is 2. The number of phenols is 2. The van der Waals surface area contributed by atoms with Crippen LogP contribution in [0, 0.1) is 17.2 Å². The van der Waals surface area contributed by atoms with Crippen molar-refractivity contribution in [3.05, 3.63) is 83.4 Å². The van der Waals surface area contributed by atoms with Crippen LogP contribution in [-0.2, 0) is 0 Å². The number of nitrogens with zero attached hydrogens (tertiary/aromatic N) is 2. The molecule has 0 aromatic heterocycles. The number of likely N-dealkylation sites (tertiary alicyclic amines) is 1. The molecule has 2 N–H and O–H groups in total. The van der Waals surface area contributed by atoms with Gasteiger partial charge in [-0.25, -0.2) is 0 Å². The minimum Gasteiger partial charge on any atom is -0.508 e. The van der Waals surface area contributed by atoms with Gasteiger partial charge < -0.3 is 19.7 Å². The first kappa shape index (κ1) is 24.7. The van der Waals surface area contributed by atoms with Gasteiger partial charge in [-0.3, -0.25) is 4.90 Å². The Hall–Kier alpha value is -3.95. The standard InChI is InChI=1S/C31H32N2O4/c1-20(33-14-4-5-22(17-32)18-33)19-36-27-11-8-23(9-12-27)31-30(24-6-3-7-25(34)15-24)21(2)28-16-26(35)10-13-29(28)37-31/h3,6-13,15-16,20,22,31,34-35H,4-5,14,18-19H2,1-2H3/t20-,22-,31?/m0/s1. The number of phenolic OH excluding ortho intramolecular Hbond substituents is 2. The van der Waals surface area contributed by atoms with E-state index in [1.165, 1.54) is 0 Å². The molecular formula is C31H32N2O4. The minimum atomic E-state index is -0.386. The van der Waals surface area contributed by atoms with Crippen LogP contribution in [0.3, 0.4) is 0 Å². The third kappa shape index (κ3) is 5.28. The van der Waals surface area contributed by atoms with E-state index < -0.39 is 0 Å². The molecule has 5 rings (SSSR count). The number of rotatable bonds is 6. The molecule has 0 aliphatic carbocycles. The van der Waals surface area contributed by atoms with E-state index >= 15 is 0 Å². The molecule has 2 aliphatic rings. The van der Waals surface area contributed by atoms with Gasteiger partial charge in [-0.1, -0.05) is 24.3 Å². The highest BCUT2D eigenvalue weighted by atomic mass is 16.5. The summed E-state index contributed by atoms with van der Waals surface area (Å²) in [5.74, 6) is 1.96. The van der Waals surface area contributed by atoms with Crippen molar-refractivity contribution >= 4 is 11.1 Å². The molecule has 190 valence electrons. The minimum absolute atomic E-state index is 0.109. The first-order valence-corrected chi connectivity index (χ1v) is 12.8. The molecule has 0 bridgehead atoms. The SMILES string of the molecule is CC1=C(c2cccc(O)c2)C(c2ccc(OC[C@H](C)N3CCC[C@@H](C#N)C3)cc2)Oc2ccc(O)cc21. The summed E-state index contributed by atoms with van der Waals surface area (Å²) in [7, 11) is 0. The molecule has 1 saturated heterocycles. The highest BCUT2D eigenvalue weighted by Gasteiger charge is 2.30.